The SMILES string of the molecule is CCCCc1c(C)nc(Nc2nc(C)c3cc(C)ccc3n2)[nH]c1=O. The van der Waals surface area contributed by atoms with Crippen LogP contribution in [0.25, 0.3) is 10.9 Å². The van der Waals surface area contributed by atoms with Gasteiger partial charge >= 0.3 is 0 Å². The summed E-state index contributed by atoms with van der Waals surface area (Å²) in [4.78, 5) is 28.6. The lowest BCUT2D eigenvalue weighted by Crippen LogP contribution is -2.18. The quantitative estimate of drug-likeness (QED) is 0.741. The van der Waals surface area contributed by atoms with Crippen LogP contribution in [0.1, 0.15) is 42.3 Å². The molecule has 1 aromatic carbocycles. The summed E-state index contributed by atoms with van der Waals surface area (Å²) >= 11 is 0. The lowest BCUT2D eigenvalue weighted by molar-refractivity contribution is 0.774. The summed E-state index contributed by atoms with van der Waals surface area (Å²) in [5.41, 5.74) is 4.31. The largest absolute Gasteiger partial charge is 0.294 e. The highest BCUT2D eigenvalue weighted by atomic mass is 16.1. The third-order valence-corrected chi connectivity index (χ3v) is 4.27. The molecule has 3 rings (SSSR count). The summed E-state index contributed by atoms with van der Waals surface area (Å²) in [7, 11) is 0. The fourth-order valence-corrected chi connectivity index (χ4v) is 2.87. The molecule has 0 bridgehead atoms. The number of benzene rings is 1. The topological polar surface area (TPSA) is 83.6 Å². The molecule has 0 saturated carbocycles. The van der Waals surface area contributed by atoms with Crippen molar-refractivity contribution in [2.75, 3.05) is 5.32 Å². The molecular weight excluding hydrogens is 314 g/mol. The van der Waals surface area contributed by atoms with Gasteiger partial charge in [0.15, 0.2) is 0 Å². The number of aromatic nitrogens is 4. The van der Waals surface area contributed by atoms with E-state index >= 15 is 0 Å². The summed E-state index contributed by atoms with van der Waals surface area (Å²) in [5, 5.41) is 4.05. The summed E-state index contributed by atoms with van der Waals surface area (Å²) in [6.07, 6.45) is 2.77. The fourth-order valence-electron chi connectivity index (χ4n) is 2.87. The van der Waals surface area contributed by atoms with Crippen molar-refractivity contribution >= 4 is 22.8 Å². The van der Waals surface area contributed by atoms with Crippen molar-refractivity contribution in [1.82, 2.24) is 19.9 Å². The van der Waals surface area contributed by atoms with E-state index in [9.17, 15) is 4.79 Å². The number of aryl methyl sites for hydroxylation is 3. The Morgan fingerprint density at radius 3 is 2.60 bits per heavy atom. The van der Waals surface area contributed by atoms with Gasteiger partial charge in [-0.2, -0.15) is 0 Å². The van der Waals surface area contributed by atoms with Crippen LogP contribution in [0.2, 0.25) is 0 Å². The first-order chi connectivity index (χ1) is 12.0. The zero-order chi connectivity index (χ0) is 18.0. The molecule has 2 aromatic heterocycles. The molecule has 25 heavy (non-hydrogen) atoms. The van der Waals surface area contributed by atoms with Gasteiger partial charge in [-0.3, -0.25) is 15.1 Å². The minimum Gasteiger partial charge on any atom is -0.294 e. The fraction of sp³-hybridized carbons (Fsp3) is 0.368. The molecule has 6 heteroatoms. The molecule has 2 heterocycles. The van der Waals surface area contributed by atoms with Gasteiger partial charge in [0, 0.05) is 16.6 Å². The number of hydrogen-bond donors (Lipinski definition) is 2. The van der Waals surface area contributed by atoms with Crippen LogP contribution in [0.15, 0.2) is 23.0 Å². The number of unbranched alkanes of at least 4 members (excludes halogenated alkanes) is 1. The van der Waals surface area contributed by atoms with Crippen molar-refractivity contribution in [2.24, 2.45) is 0 Å². The van der Waals surface area contributed by atoms with E-state index < -0.39 is 0 Å². The van der Waals surface area contributed by atoms with Crippen LogP contribution < -0.4 is 10.9 Å². The molecule has 0 atom stereocenters. The molecular formula is C19H23N5O. The highest BCUT2D eigenvalue weighted by molar-refractivity contribution is 5.82. The minimum atomic E-state index is -0.100. The number of rotatable bonds is 5. The van der Waals surface area contributed by atoms with E-state index in [-0.39, 0.29) is 5.56 Å². The molecule has 130 valence electrons. The number of nitrogens with one attached hydrogen (secondary N) is 2. The molecule has 0 aliphatic carbocycles. The van der Waals surface area contributed by atoms with Crippen molar-refractivity contribution in [2.45, 2.75) is 47.0 Å². The highest BCUT2D eigenvalue weighted by Crippen LogP contribution is 2.19. The molecule has 3 aromatic rings. The van der Waals surface area contributed by atoms with Gasteiger partial charge in [-0.1, -0.05) is 25.0 Å². The third kappa shape index (κ3) is 3.68. The molecule has 0 saturated heterocycles. The second-order valence-corrected chi connectivity index (χ2v) is 6.36. The monoisotopic (exact) mass is 337 g/mol. The lowest BCUT2D eigenvalue weighted by Gasteiger charge is -2.10. The predicted octanol–water partition coefficient (Wildman–Crippen LogP) is 3.72. The Labute approximate surface area is 146 Å². The molecule has 2 N–H and O–H groups in total. The average molecular weight is 337 g/mol. The molecule has 0 fully saturated rings. The first kappa shape index (κ1) is 17.1. The summed E-state index contributed by atoms with van der Waals surface area (Å²) < 4.78 is 0. The summed E-state index contributed by atoms with van der Waals surface area (Å²) in [5.74, 6) is 0.798. The highest BCUT2D eigenvalue weighted by Gasteiger charge is 2.10. The van der Waals surface area contributed by atoms with Crippen molar-refractivity contribution in [3.05, 3.63) is 51.1 Å². The van der Waals surface area contributed by atoms with Crippen molar-refractivity contribution in [3.8, 4) is 0 Å². The van der Waals surface area contributed by atoms with Crippen molar-refractivity contribution < 1.29 is 0 Å². The van der Waals surface area contributed by atoms with Crippen LogP contribution in [0.5, 0.6) is 0 Å². The molecule has 0 unspecified atom stereocenters. The summed E-state index contributed by atoms with van der Waals surface area (Å²) in [6.45, 7) is 7.96. The number of fused-ring (bicyclic) bond motifs is 1. The average Bonchev–Trinajstić information content (AvgIpc) is 2.55. The van der Waals surface area contributed by atoms with E-state index in [2.05, 4.69) is 38.2 Å². The van der Waals surface area contributed by atoms with E-state index in [0.29, 0.717) is 11.9 Å². The minimum absolute atomic E-state index is 0.100. The molecule has 6 nitrogen and oxygen atoms in total. The van der Waals surface area contributed by atoms with Crippen LogP contribution >= 0.6 is 0 Å². The number of hydrogen-bond acceptors (Lipinski definition) is 5. The lowest BCUT2D eigenvalue weighted by atomic mass is 10.1. The predicted molar refractivity (Wildman–Crippen MR) is 101 cm³/mol. The van der Waals surface area contributed by atoms with E-state index in [1.165, 1.54) is 5.56 Å². The van der Waals surface area contributed by atoms with E-state index in [4.69, 9.17) is 0 Å². The zero-order valence-corrected chi connectivity index (χ0v) is 15.1. The Kier molecular flexibility index (Phi) is 4.79. The van der Waals surface area contributed by atoms with E-state index in [0.717, 1.165) is 47.1 Å². The Hall–Kier alpha value is -2.76. The molecule has 0 amide bonds. The molecule has 0 aliphatic heterocycles. The maximum absolute atomic E-state index is 12.3. The van der Waals surface area contributed by atoms with Gasteiger partial charge in [0.2, 0.25) is 11.9 Å². The Morgan fingerprint density at radius 2 is 1.88 bits per heavy atom. The van der Waals surface area contributed by atoms with Crippen LogP contribution in [0, 0.1) is 20.8 Å². The number of aromatic amines is 1. The number of nitrogens with zero attached hydrogens (tertiary/aromatic N) is 3. The zero-order valence-electron chi connectivity index (χ0n) is 15.1. The normalized spacial score (nSPS) is 11.0. The van der Waals surface area contributed by atoms with Gasteiger partial charge < -0.3 is 0 Å². The van der Waals surface area contributed by atoms with Crippen molar-refractivity contribution in [1.29, 1.82) is 0 Å². The van der Waals surface area contributed by atoms with Gasteiger partial charge in [-0.25, -0.2) is 15.0 Å². The second kappa shape index (κ2) is 7.01. The maximum Gasteiger partial charge on any atom is 0.255 e. The first-order valence-corrected chi connectivity index (χ1v) is 8.59. The smallest absolute Gasteiger partial charge is 0.255 e. The Balaban J connectivity index is 1.93. The first-order valence-electron chi connectivity index (χ1n) is 8.59. The molecule has 0 aliphatic rings. The van der Waals surface area contributed by atoms with Crippen molar-refractivity contribution in [3.63, 3.8) is 0 Å². The van der Waals surface area contributed by atoms with Gasteiger partial charge in [0.05, 0.1) is 11.2 Å². The number of anilines is 2. The van der Waals surface area contributed by atoms with Crippen LogP contribution in [0.4, 0.5) is 11.9 Å². The Morgan fingerprint density at radius 1 is 1.08 bits per heavy atom. The molecule has 0 spiro atoms. The standard InChI is InChI=1S/C19H23N5O/c1-5-6-7-14-12(3)20-19(23-17(14)25)24-18-21-13(4)15-10-11(2)8-9-16(15)22-18/h8-10H,5-7H2,1-4H3,(H2,20,21,22,23,24,25). The summed E-state index contributed by atoms with van der Waals surface area (Å²) in [6, 6.07) is 6.06. The van der Waals surface area contributed by atoms with Gasteiger partial charge in [-0.15, -0.1) is 0 Å². The maximum atomic E-state index is 12.3. The Bertz CT molecular complexity index is 977. The van der Waals surface area contributed by atoms with Crippen LogP contribution in [0.3, 0.4) is 0 Å². The second-order valence-electron chi connectivity index (χ2n) is 6.36. The van der Waals surface area contributed by atoms with Gasteiger partial charge in [0.25, 0.3) is 5.56 Å². The third-order valence-electron chi connectivity index (χ3n) is 4.27. The van der Waals surface area contributed by atoms with Crippen LogP contribution in [-0.4, -0.2) is 19.9 Å². The van der Waals surface area contributed by atoms with Gasteiger partial charge in [-0.05, 0) is 45.7 Å². The number of H-pyrrole nitrogens is 1. The van der Waals surface area contributed by atoms with Gasteiger partial charge in [0.1, 0.15) is 0 Å². The van der Waals surface area contributed by atoms with E-state index in [1.807, 2.05) is 32.9 Å². The van der Waals surface area contributed by atoms with Crippen LogP contribution in [-0.2, 0) is 6.42 Å². The van der Waals surface area contributed by atoms with E-state index in [1.54, 1.807) is 0 Å². The molecule has 0 radical (unpaired) electrons.